The number of methoxy groups -OCH3 is 1. The van der Waals surface area contributed by atoms with E-state index in [2.05, 4.69) is 15.0 Å². The lowest BCUT2D eigenvalue weighted by Crippen LogP contribution is -2.10. The van der Waals surface area contributed by atoms with Crippen LogP contribution in [0.1, 0.15) is 11.3 Å². The number of aromatic nitrogens is 3. The molecule has 21 heavy (non-hydrogen) atoms. The second kappa shape index (κ2) is 5.75. The summed E-state index contributed by atoms with van der Waals surface area (Å²) in [6.07, 6.45) is 1.66. The summed E-state index contributed by atoms with van der Waals surface area (Å²) in [7, 11) is 1.61. The van der Waals surface area contributed by atoms with Gasteiger partial charge in [-0.3, -0.25) is 9.97 Å². The Morgan fingerprint density at radius 2 is 2.10 bits per heavy atom. The predicted octanol–water partition coefficient (Wildman–Crippen LogP) is 2.58. The smallest absolute Gasteiger partial charge is 0.322 e. The van der Waals surface area contributed by atoms with Gasteiger partial charge in [-0.15, -0.1) is 0 Å². The molecule has 3 rings (SSSR count). The molecule has 0 spiro atoms. The van der Waals surface area contributed by atoms with Crippen LogP contribution in [-0.4, -0.2) is 26.6 Å². The van der Waals surface area contributed by atoms with E-state index >= 15 is 0 Å². The van der Waals surface area contributed by atoms with E-state index in [4.69, 9.17) is 4.74 Å². The maximum absolute atomic E-state index is 12.5. The van der Waals surface area contributed by atoms with Crippen LogP contribution in [0.4, 0.5) is 0 Å². The first-order chi connectivity index (χ1) is 10.2. The van der Waals surface area contributed by atoms with Gasteiger partial charge in [-0.25, -0.2) is 0 Å². The van der Waals surface area contributed by atoms with Gasteiger partial charge in [-0.1, -0.05) is 12.1 Å². The minimum Gasteiger partial charge on any atom is -0.609 e. The summed E-state index contributed by atoms with van der Waals surface area (Å²) < 4.78 is 17.7. The number of aromatic amines is 1. The van der Waals surface area contributed by atoms with Crippen molar-refractivity contribution in [3.05, 3.63) is 47.8 Å². The number of hydrogen-bond donors (Lipinski definition) is 1. The summed E-state index contributed by atoms with van der Waals surface area (Å²) in [5.41, 5.74) is 3.37. The number of nitrogens with one attached hydrogen (secondary N) is 1. The van der Waals surface area contributed by atoms with Crippen molar-refractivity contribution >= 4 is 22.2 Å². The largest absolute Gasteiger partial charge is 0.609 e. The van der Waals surface area contributed by atoms with Crippen molar-refractivity contribution < 1.29 is 9.29 Å². The zero-order valence-corrected chi connectivity index (χ0v) is 12.6. The molecule has 0 fully saturated rings. The van der Waals surface area contributed by atoms with E-state index in [1.807, 2.05) is 31.2 Å². The monoisotopic (exact) mass is 301 g/mol. The third-order valence-corrected chi connectivity index (χ3v) is 4.49. The normalized spacial score (nSPS) is 12.5. The molecule has 0 bridgehead atoms. The summed E-state index contributed by atoms with van der Waals surface area (Å²) >= 11 is -1.27. The lowest BCUT2D eigenvalue weighted by molar-refractivity contribution is 0.410. The molecule has 1 atom stereocenters. The number of ether oxygens (including phenoxy) is 1. The number of nitrogens with zero attached hydrogens (tertiary/aromatic N) is 2. The van der Waals surface area contributed by atoms with E-state index in [9.17, 15) is 4.55 Å². The topological polar surface area (TPSA) is 73.9 Å². The van der Waals surface area contributed by atoms with Crippen molar-refractivity contribution in [3.8, 4) is 5.75 Å². The van der Waals surface area contributed by atoms with Crippen LogP contribution >= 0.6 is 0 Å². The molecule has 5 nitrogen and oxygen atoms in total. The lowest BCUT2D eigenvalue weighted by Gasteiger charge is -2.10. The van der Waals surface area contributed by atoms with Gasteiger partial charge in [0.25, 0.3) is 0 Å². The molecule has 2 heterocycles. The fraction of sp³-hybridized carbons (Fsp3) is 0.200. The Balaban J connectivity index is 1.87. The third kappa shape index (κ3) is 2.72. The van der Waals surface area contributed by atoms with E-state index in [0.717, 1.165) is 28.0 Å². The Kier molecular flexibility index (Phi) is 3.81. The Labute approximate surface area is 125 Å². The highest BCUT2D eigenvalue weighted by atomic mass is 32.2. The molecule has 0 aliphatic carbocycles. The van der Waals surface area contributed by atoms with E-state index < -0.39 is 11.2 Å². The van der Waals surface area contributed by atoms with Crippen molar-refractivity contribution in [1.82, 2.24) is 15.0 Å². The molecule has 1 aromatic carbocycles. The number of hydrogen-bond acceptors (Lipinski definition) is 4. The molecule has 0 saturated heterocycles. The van der Waals surface area contributed by atoms with Gasteiger partial charge >= 0.3 is 5.16 Å². The second-order valence-corrected chi connectivity index (χ2v) is 6.00. The maximum Gasteiger partial charge on any atom is 0.322 e. The SMILES string of the molecule is COc1ccnc(C[S+]([O-])c2nc3ccccc3[nH]2)c1C. The molecule has 0 saturated carbocycles. The summed E-state index contributed by atoms with van der Waals surface area (Å²) in [5, 5.41) is 0.472. The number of rotatable bonds is 4. The molecule has 108 valence electrons. The average molecular weight is 301 g/mol. The number of fused-ring (bicyclic) bond motifs is 1. The van der Waals surface area contributed by atoms with Crippen molar-refractivity contribution in [2.75, 3.05) is 7.11 Å². The Morgan fingerprint density at radius 1 is 1.29 bits per heavy atom. The predicted molar refractivity (Wildman–Crippen MR) is 81.7 cm³/mol. The molecule has 0 aliphatic heterocycles. The maximum atomic E-state index is 12.5. The fourth-order valence-corrected chi connectivity index (χ4v) is 3.26. The first kappa shape index (κ1) is 13.9. The van der Waals surface area contributed by atoms with Gasteiger partial charge < -0.3 is 9.29 Å². The molecule has 1 N–H and O–H groups in total. The van der Waals surface area contributed by atoms with Crippen LogP contribution in [0.25, 0.3) is 11.0 Å². The quantitative estimate of drug-likeness (QED) is 0.752. The Bertz CT molecular complexity index is 739. The van der Waals surface area contributed by atoms with Crippen LogP contribution in [0.5, 0.6) is 5.75 Å². The molecule has 1 unspecified atom stereocenters. The van der Waals surface area contributed by atoms with Crippen LogP contribution in [-0.2, 0) is 16.9 Å². The molecule has 6 heteroatoms. The number of para-hydroxylation sites is 2. The third-order valence-electron chi connectivity index (χ3n) is 3.33. The minimum atomic E-state index is -1.27. The molecular formula is C15H15N3O2S. The summed E-state index contributed by atoms with van der Waals surface area (Å²) in [6, 6.07) is 9.42. The van der Waals surface area contributed by atoms with Gasteiger partial charge in [0.1, 0.15) is 5.75 Å². The number of benzene rings is 1. The fourth-order valence-electron chi connectivity index (χ4n) is 2.16. The minimum absolute atomic E-state index is 0.308. The standard InChI is InChI=1S/C15H15N3O2S/c1-10-13(16-8-7-14(10)20-2)9-21(19)15-17-11-5-3-4-6-12(11)18-15/h3-8H,9H2,1-2H3,(H,17,18). The number of H-pyrrole nitrogens is 1. The molecule has 0 amide bonds. The summed E-state index contributed by atoms with van der Waals surface area (Å²) in [4.78, 5) is 11.8. The van der Waals surface area contributed by atoms with Gasteiger partial charge in [-0.2, -0.15) is 4.98 Å². The van der Waals surface area contributed by atoms with Crippen LogP contribution < -0.4 is 4.74 Å². The zero-order chi connectivity index (χ0) is 14.8. The molecular weight excluding hydrogens is 286 g/mol. The van der Waals surface area contributed by atoms with Gasteiger partial charge in [0.2, 0.25) is 0 Å². The van der Waals surface area contributed by atoms with Crippen molar-refractivity contribution in [1.29, 1.82) is 0 Å². The van der Waals surface area contributed by atoms with Gasteiger partial charge in [-0.05, 0) is 25.1 Å². The Hall–Kier alpha value is -2.05. The van der Waals surface area contributed by atoms with E-state index in [1.165, 1.54) is 0 Å². The first-order valence-electron chi connectivity index (χ1n) is 6.50. The second-order valence-electron chi connectivity index (χ2n) is 4.63. The van der Waals surface area contributed by atoms with Crippen LogP contribution in [0, 0.1) is 6.92 Å². The zero-order valence-electron chi connectivity index (χ0n) is 11.8. The van der Waals surface area contributed by atoms with Gasteiger partial charge in [0, 0.05) is 22.9 Å². The number of imidazole rings is 1. The molecule has 0 aliphatic rings. The van der Waals surface area contributed by atoms with Gasteiger partial charge in [0.05, 0.1) is 23.8 Å². The molecule has 2 aromatic heterocycles. The van der Waals surface area contributed by atoms with Crippen molar-refractivity contribution in [2.24, 2.45) is 0 Å². The van der Waals surface area contributed by atoms with Crippen LogP contribution in [0.2, 0.25) is 0 Å². The highest BCUT2D eigenvalue weighted by molar-refractivity contribution is 7.90. The van der Waals surface area contributed by atoms with Crippen molar-refractivity contribution in [2.45, 2.75) is 17.8 Å². The highest BCUT2D eigenvalue weighted by Gasteiger charge is 2.20. The average Bonchev–Trinajstić information content (AvgIpc) is 2.93. The van der Waals surface area contributed by atoms with E-state index in [1.54, 1.807) is 19.4 Å². The first-order valence-corrected chi connectivity index (χ1v) is 7.82. The number of pyridine rings is 1. The Morgan fingerprint density at radius 3 is 2.86 bits per heavy atom. The molecule has 3 aromatic rings. The van der Waals surface area contributed by atoms with Gasteiger partial charge in [0.15, 0.2) is 5.75 Å². The van der Waals surface area contributed by atoms with Crippen molar-refractivity contribution in [3.63, 3.8) is 0 Å². The summed E-state index contributed by atoms with van der Waals surface area (Å²) in [6.45, 7) is 1.91. The van der Waals surface area contributed by atoms with E-state index in [0.29, 0.717) is 10.9 Å². The van der Waals surface area contributed by atoms with E-state index in [-0.39, 0.29) is 0 Å². The van der Waals surface area contributed by atoms with Crippen LogP contribution in [0.15, 0.2) is 41.7 Å². The van der Waals surface area contributed by atoms with Crippen LogP contribution in [0.3, 0.4) is 0 Å². The molecule has 0 radical (unpaired) electrons. The highest BCUT2D eigenvalue weighted by Crippen LogP contribution is 2.23. The lowest BCUT2D eigenvalue weighted by atomic mass is 10.2. The summed E-state index contributed by atoms with van der Waals surface area (Å²) in [5.74, 6) is 1.06.